The molecule has 0 bridgehead atoms. The summed E-state index contributed by atoms with van der Waals surface area (Å²) < 4.78 is 66.1. The van der Waals surface area contributed by atoms with Crippen molar-refractivity contribution in [2.75, 3.05) is 17.2 Å². The highest BCUT2D eigenvalue weighted by atomic mass is 19.4. The van der Waals surface area contributed by atoms with Gasteiger partial charge in [0.15, 0.2) is 0 Å². The van der Waals surface area contributed by atoms with Crippen LogP contribution in [-0.2, 0) is 15.8 Å². The third-order valence-electron chi connectivity index (χ3n) is 3.73. The summed E-state index contributed by atoms with van der Waals surface area (Å²) in [6.45, 7) is 0.835. The zero-order valence-corrected chi connectivity index (χ0v) is 15.5. The molecule has 0 saturated carbocycles. The molecule has 0 radical (unpaired) electrons. The minimum Gasteiger partial charge on any atom is -0.351 e. The number of rotatable bonds is 6. The van der Waals surface area contributed by atoms with Crippen LogP contribution >= 0.6 is 0 Å². The summed E-state index contributed by atoms with van der Waals surface area (Å²) in [5, 5.41) is 6.52. The first-order valence-corrected chi connectivity index (χ1v) is 8.49. The highest BCUT2D eigenvalue weighted by Gasteiger charge is 2.34. The first-order chi connectivity index (χ1) is 14.0. The molecule has 30 heavy (non-hydrogen) atoms. The Morgan fingerprint density at radius 3 is 2.27 bits per heavy atom. The Morgan fingerprint density at radius 2 is 1.67 bits per heavy atom. The number of hydrogen-bond donors (Lipinski definition) is 3. The van der Waals surface area contributed by atoms with Crippen molar-refractivity contribution in [3.63, 3.8) is 0 Å². The number of amides is 3. The SMILES string of the molecule is CC(=O)Nc1ccc(NC(=O)CCNC(=O)c2ccc(F)cc2F)c(C(F)(F)F)c1. The number of nitrogens with one attached hydrogen (secondary N) is 3. The molecule has 0 aliphatic heterocycles. The lowest BCUT2D eigenvalue weighted by Crippen LogP contribution is -2.28. The molecule has 0 aliphatic rings. The molecule has 6 nitrogen and oxygen atoms in total. The molecular formula is C19H16F5N3O3. The van der Waals surface area contributed by atoms with Crippen LogP contribution in [0.2, 0.25) is 0 Å². The van der Waals surface area contributed by atoms with E-state index in [0.29, 0.717) is 12.1 Å². The van der Waals surface area contributed by atoms with E-state index in [9.17, 15) is 36.3 Å². The Labute approximate surface area is 167 Å². The minimum absolute atomic E-state index is 0.0959. The predicted octanol–water partition coefficient (Wildman–Crippen LogP) is 3.70. The van der Waals surface area contributed by atoms with E-state index in [0.717, 1.165) is 25.1 Å². The maximum Gasteiger partial charge on any atom is 0.418 e. The zero-order valence-electron chi connectivity index (χ0n) is 15.5. The Balaban J connectivity index is 2.00. The van der Waals surface area contributed by atoms with Crippen LogP contribution in [0.15, 0.2) is 36.4 Å². The van der Waals surface area contributed by atoms with E-state index in [1.54, 1.807) is 0 Å². The van der Waals surface area contributed by atoms with Crippen LogP contribution in [0.1, 0.15) is 29.3 Å². The number of hydrogen-bond acceptors (Lipinski definition) is 3. The summed E-state index contributed by atoms with van der Waals surface area (Å²) in [5.74, 6) is -4.27. The minimum atomic E-state index is -4.80. The third-order valence-corrected chi connectivity index (χ3v) is 3.73. The van der Waals surface area contributed by atoms with Crippen molar-refractivity contribution in [3.8, 4) is 0 Å². The van der Waals surface area contributed by atoms with Crippen molar-refractivity contribution in [2.45, 2.75) is 19.5 Å². The van der Waals surface area contributed by atoms with Crippen molar-refractivity contribution in [1.82, 2.24) is 5.32 Å². The number of anilines is 2. The maximum atomic E-state index is 13.5. The summed E-state index contributed by atoms with van der Waals surface area (Å²) in [7, 11) is 0. The number of halogens is 5. The van der Waals surface area contributed by atoms with Gasteiger partial charge in [-0.05, 0) is 30.3 Å². The average Bonchev–Trinajstić information content (AvgIpc) is 2.61. The van der Waals surface area contributed by atoms with Gasteiger partial charge >= 0.3 is 6.18 Å². The molecule has 0 aromatic heterocycles. The number of benzene rings is 2. The van der Waals surface area contributed by atoms with Gasteiger partial charge in [0.1, 0.15) is 11.6 Å². The standard InChI is InChI=1S/C19H16F5N3O3/c1-10(28)26-12-3-5-16(14(9-12)19(22,23)24)27-17(29)6-7-25-18(30)13-4-2-11(20)8-15(13)21/h2-5,8-9H,6-7H2,1H3,(H,25,30)(H,26,28)(H,27,29). The van der Waals surface area contributed by atoms with Crippen LogP contribution in [-0.4, -0.2) is 24.3 Å². The second-order valence-corrected chi connectivity index (χ2v) is 6.12. The number of alkyl halides is 3. The highest BCUT2D eigenvalue weighted by Crippen LogP contribution is 2.36. The molecule has 0 aliphatic carbocycles. The Kier molecular flexibility index (Phi) is 7.09. The topological polar surface area (TPSA) is 87.3 Å². The van der Waals surface area contributed by atoms with Crippen LogP contribution in [0.3, 0.4) is 0 Å². The molecule has 0 heterocycles. The molecule has 0 unspecified atom stereocenters. The molecule has 11 heteroatoms. The summed E-state index contributed by atoms with van der Waals surface area (Å²) in [4.78, 5) is 34.8. The normalized spacial score (nSPS) is 11.0. The maximum absolute atomic E-state index is 13.5. The first-order valence-electron chi connectivity index (χ1n) is 8.49. The van der Waals surface area contributed by atoms with E-state index in [1.807, 2.05) is 0 Å². The largest absolute Gasteiger partial charge is 0.418 e. The van der Waals surface area contributed by atoms with Gasteiger partial charge in [0.05, 0.1) is 16.8 Å². The van der Waals surface area contributed by atoms with Gasteiger partial charge < -0.3 is 16.0 Å². The van der Waals surface area contributed by atoms with Gasteiger partial charge in [-0.3, -0.25) is 14.4 Å². The summed E-state index contributed by atoms with van der Waals surface area (Å²) in [6, 6.07) is 5.17. The number of carbonyl (C=O) groups is 3. The molecule has 0 saturated heterocycles. The molecule has 2 aromatic rings. The molecule has 0 spiro atoms. The molecule has 2 aromatic carbocycles. The van der Waals surface area contributed by atoms with Crippen molar-refractivity contribution in [2.24, 2.45) is 0 Å². The molecular weight excluding hydrogens is 413 g/mol. The molecule has 3 amide bonds. The zero-order chi connectivity index (χ0) is 22.5. The van der Waals surface area contributed by atoms with Crippen LogP contribution in [0.25, 0.3) is 0 Å². The lowest BCUT2D eigenvalue weighted by Gasteiger charge is -2.15. The van der Waals surface area contributed by atoms with Crippen LogP contribution in [0.5, 0.6) is 0 Å². The highest BCUT2D eigenvalue weighted by molar-refractivity contribution is 5.96. The van der Waals surface area contributed by atoms with Gasteiger partial charge in [0, 0.05) is 31.6 Å². The van der Waals surface area contributed by atoms with Gasteiger partial charge in [-0.25, -0.2) is 8.78 Å². The first kappa shape index (κ1) is 22.8. The van der Waals surface area contributed by atoms with Crippen LogP contribution in [0, 0.1) is 11.6 Å². The Morgan fingerprint density at radius 1 is 0.967 bits per heavy atom. The molecule has 0 fully saturated rings. The fourth-order valence-electron chi connectivity index (χ4n) is 2.44. The van der Waals surface area contributed by atoms with E-state index in [1.165, 1.54) is 6.07 Å². The van der Waals surface area contributed by atoms with E-state index >= 15 is 0 Å². The predicted molar refractivity (Wildman–Crippen MR) is 97.7 cm³/mol. The second-order valence-electron chi connectivity index (χ2n) is 6.12. The van der Waals surface area contributed by atoms with Crippen molar-refractivity contribution < 1.29 is 36.3 Å². The lowest BCUT2D eigenvalue weighted by molar-refractivity contribution is -0.137. The summed E-state index contributed by atoms with van der Waals surface area (Å²) >= 11 is 0. The summed E-state index contributed by atoms with van der Waals surface area (Å²) in [5.41, 5.74) is -2.23. The van der Waals surface area contributed by atoms with Crippen molar-refractivity contribution in [3.05, 3.63) is 59.2 Å². The molecule has 3 N–H and O–H groups in total. The summed E-state index contributed by atoms with van der Waals surface area (Å²) in [6.07, 6.45) is -5.20. The van der Waals surface area contributed by atoms with Gasteiger partial charge in [0.2, 0.25) is 11.8 Å². The Hall–Kier alpha value is -3.50. The Bertz CT molecular complexity index is 976. The van der Waals surface area contributed by atoms with Gasteiger partial charge in [-0.1, -0.05) is 0 Å². The monoisotopic (exact) mass is 429 g/mol. The van der Waals surface area contributed by atoms with Gasteiger partial charge in [-0.15, -0.1) is 0 Å². The average molecular weight is 429 g/mol. The van der Waals surface area contributed by atoms with Crippen molar-refractivity contribution in [1.29, 1.82) is 0 Å². The van der Waals surface area contributed by atoms with E-state index in [-0.39, 0.29) is 12.2 Å². The van der Waals surface area contributed by atoms with Gasteiger partial charge in [-0.2, -0.15) is 13.2 Å². The fraction of sp³-hybridized carbons (Fsp3) is 0.211. The fourth-order valence-corrected chi connectivity index (χ4v) is 2.44. The van der Waals surface area contributed by atoms with Crippen LogP contribution in [0.4, 0.5) is 33.3 Å². The third kappa shape index (κ3) is 6.26. The molecule has 2 rings (SSSR count). The second kappa shape index (κ2) is 9.33. The smallest absolute Gasteiger partial charge is 0.351 e. The van der Waals surface area contributed by atoms with E-state index < -0.39 is 58.8 Å². The van der Waals surface area contributed by atoms with E-state index in [4.69, 9.17) is 0 Å². The van der Waals surface area contributed by atoms with E-state index in [2.05, 4.69) is 16.0 Å². The quantitative estimate of drug-likeness (QED) is 0.612. The lowest BCUT2D eigenvalue weighted by atomic mass is 10.1. The van der Waals surface area contributed by atoms with Crippen LogP contribution < -0.4 is 16.0 Å². The van der Waals surface area contributed by atoms with Crippen molar-refractivity contribution >= 4 is 29.1 Å². The van der Waals surface area contributed by atoms with Gasteiger partial charge in [0.25, 0.3) is 5.91 Å². The molecule has 0 atom stereocenters. The molecule has 160 valence electrons. The number of carbonyl (C=O) groups excluding carboxylic acids is 3.